The van der Waals surface area contributed by atoms with E-state index in [4.69, 9.17) is 5.73 Å². The Morgan fingerprint density at radius 3 is 2.58 bits per heavy atom. The molecule has 0 atom stereocenters. The molecule has 0 spiro atoms. The van der Waals surface area contributed by atoms with E-state index in [1.807, 2.05) is 6.33 Å². The van der Waals surface area contributed by atoms with Gasteiger partial charge in [-0.2, -0.15) is 0 Å². The molecule has 108 valence electrons. The third-order valence-corrected chi connectivity index (χ3v) is 4.27. The molecule has 0 aliphatic carbocycles. The molecule has 1 fully saturated rings. The zero-order chi connectivity index (χ0) is 13.9. The summed E-state index contributed by atoms with van der Waals surface area (Å²) in [5.41, 5.74) is 7.17. The summed E-state index contributed by atoms with van der Waals surface area (Å²) in [6.07, 6.45) is 6.65. The van der Waals surface area contributed by atoms with Gasteiger partial charge in [0.1, 0.15) is 0 Å². The zero-order valence-corrected chi connectivity index (χ0v) is 12.6. The minimum absolute atomic E-state index is 0.453. The third-order valence-electron chi connectivity index (χ3n) is 4.27. The van der Waals surface area contributed by atoms with E-state index in [-0.39, 0.29) is 0 Å². The molecule has 2 heterocycles. The van der Waals surface area contributed by atoms with E-state index in [0.29, 0.717) is 12.0 Å². The quantitative estimate of drug-likeness (QED) is 0.906. The van der Waals surface area contributed by atoms with Crippen LogP contribution in [0.2, 0.25) is 0 Å². The van der Waals surface area contributed by atoms with Gasteiger partial charge in [-0.15, -0.1) is 0 Å². The smallest absolute Gasteiger partial charge is 0.0950 e. The molecule has 4 nitrogen and oxygen atoms in total. The number of imidazole rings is 1. The molecule has 0 radical (unpaired) electrons. The summed E-state index contributed by atoms with van der Waals surface area (Å²) in [5.74, 6) is 0.860. The lowest BCUT2D eigenvalue weighted by molar-refractivity contribution is 0.107. The van der Waals surface area contributed by atoms with Crippen molar-refractivity contribution >= 4 is 0 Å². The predicted molar refractivity (Wildman–Crippen MR) is 78.7 cm³/mol. The number of nitrogens with two attached hydrogens (primary N) is 1. The van der Waals surface area contributed by atoms with Crippen molar-refractivity contribution in [3.63, 3.8) is 0 Å². The highest BCUT2D eigenvalue weighted by molar-refractivity contribution is 4.97. The van der Waals surface area contributed by atoms with Crippen LogP contribution in [0.15, 0.2) is 12.5 Å². The van der Waals surface area contributed by atoms with Crippen molar-refractivity contribution in [2.24, 2.45) is 17.1 Å². The Morgan fingerprint density at radius 2 is 2.00 bits per heavy atom. The van der Waals surface area contributed by atoms with Crippen LogP contribution in [0.25, 0.3) is 0 Å². The maximum absolute atomic E-state index is 5.55. The Kier molecular flexibility index (Phi) is 4.63. The van der Waals surface area contributed by atoms with Crippen molar-refractivity contribution in [1.82, 2.24) is 14.5 Å². The lowest BCUT2D eigenvalue weighted by Crippen LogP contribution is -2.37. The van der Waals surface area contributed by atoms with Gasteiger partial charge < -0.3 is 10.3 Å². The third kappa shape index (κ3) is 4.05. The number of hydrogen-bond acceptors (Lipinski definition) is 3. The van der Waals surface area contributed by atoms with E-state index in [2.05, 4.69) is 41.4 Å². The van der Waals surface area contributed by atoms with Crippen molar-refractivity contribution in [3.05, 3.63) is 18.2 Å². The molecular formula is C15H28N4. The second-order valence-electron chi connectivity index (χ2n) is 6.81. The van der Waals surface area contributed by atoms with Gasteiger partial charge in [0.15, 0.2) is 0 Å². The summed E-state index contributed by atoms with van der Waals surface area (Å²) >= 11 is 0. The minimum atomic E-state index is 0.453. The molecule has 1 aliphatic heterocycles. The van der Waals surface area contributed by atoms with Gasteiger partial charge in [-0.25, -0.2) is 4.98 Å². The molecule has 1 saturated heterocycles. The van der Waals surface area contributed by atoms with Crippen LogP contribution in [0.4, 0.5) is 0 Å². The highest BCUT2D eigenvalue weighted by atomic mass is 15.1. The first-order valence-corrected chi connectivity index (χ1v) is 7.42. The lowest BCUT2D eigenvalue weighted by atomic mass is 9.75. The maximum atomic E-state index is 5.55. The number of likely N-dealkylation sites (tertiary alicyclic amines) is 1. The average Bonchev–Trinajstić information content (AvgIpc) is 2.77. The predicted octanol–water partition coefficient (Wildman–Crippen LogP) is 2.10. The molecule has 0 amide bonds. The molecule has 0 unspecified atom stereocenters. The highest BCUT2D eigenvalue weighted by Crippen LogP contribution is 2.34. The average molecular weight is 264 g/mol. The van der Waals surface area contributed by atoms with Gasteiger partial charge in [0.05, 0.1) is 12.0 Å². The molecule has 1 aliphatic rings. The molecular weight excluding hydrogens is 236 g/mol. The summed E-state index contributed by atoms with van der Waals surface area (Å²) in [4.78, 5) is 6.99. The van der Waals surface area contributed by atoms with Crippen LogP contribution < -0.4 is 5.73 Å². The van der Waals surface area contributed by atoms with E-state index < -0.39 is 0 Å². The van der Waals surface area contributed by atoms with Crippen LogP contribution in [0.5, 0.6) is 0 Å². The second kappa shape index (κ2) is 6.06. The van der Waals surface area contributed by atoms with E-state index in [9.17, 15) is 0 Å². The van der Waals surface area contributed by atoms with E-state index in [1.165, 1.54) is 31.6 Å². The molecule has 0 saturated carbocycles. The largest absolute Gasteiger partial charge is 0.336 e. The van der Waals surface area contributed by atoms with Crippen LogP contribution in [-0.4, -0.2) is 34.1 Å². The van der Waals surface area contributed by atoms with E-state index in [0.717, 1.165) is 19.0 Å². The van der Waals surface area contributed by atoms with E-state index in [1.54, 1.807) is 0 Å². The van der Waals surface area contributed by atoms with Gasteiger partial charge in [-0.3, -0.25) is 4.90 Å². The van der Waals surface area contributed by atoms with Crippen LogP contribution in [0, 0.1) is 11.3 Å². The van der Waals surface area contributed by atoms with Gasteiger partial charge in [-0.05, 0) is 37.3 Å². The molecule has 19 heavy (non-hydrogen) atoms. The molecule has 1 aromatic rings. The normalized spacial score (nSPS) is 18.9. The van der Waals surface area contributed by atoms with Gasteiger partial charge in [0, 0.05) is 25.8 Å². The van der Waals surface area contributed by atoms with Gasteiger partial charge in [-0.1, -0.05) is 20.8 Å². The Hall–Kier alpha value is -0.870. The number of rotatable bonds is 4. The van der Waals surface area contributed by atoms with Gasteiger partial charge in [0.2, 0.25) is 0 Å². The standard InChI is InChI=1S/C15H28N4/c1-15(2,3)13-4-7-18(8-5-13)10-14-11-19(9-6-16)12-17-14/h11-13H,4-10,16H2,1-3H3. The Labute approximate surface area is 117 Å². The van der Waals surface area contributed by atoms with Gasteiger partial charge in [0.25, 0.3) is 0 Å². The van der Waals surface area contributed by atoms with Crippen LogP contribution in [0.1, 0.15) is 39.3 Å². The molecule has 0 bridgehead atoms. The first-order valence-electron chi connectivity index (χ1n) is 7.42. The van der Waals surface area contributed by atoms with Crippen molar-refractivity contribution in [3.8, 4) is 0 Å². The molecule has 0 aromatic carbocycles. The summed E-state index contributed by atoms with van der Waals surface area (Å²) in [6.45, 7) is 12.0. The second-order valence-corrected chi connectivity index (χ2v) is 6.81. The van der Waals surface area contributed by atoms with Crippen LogP contribution >= 0.6 is 0 Å². The number of nitrogens with zero attached hydrogens (tertiary/aromatic N) is 3. The van der Waals surface area contributed by atoms with Crippen molar-refractivity contribution in [1.29, 1.82) is 0 Å². The fraction of sp³-hybridized carbons (Fsp3) is 0.800. The molecule has 1 aromatic heterocycles. The fourth-order valence-corrected chi connectivity index (χ4v) is 2.95. The van der Waals surface area contributed by atoms with Crippen LogP contribution in [0.3, 0.4) is 0 Å². The Bertz CT molecular complexity index is 383. The van der Waals surface area contributed by atoms with Crippen molar-refractivity contribution in [2.45, 2.75) is 46.7 Å². The summed E-state index contributed by atoms with van der Waals surface area (Å²) in [7, 11) is 0. The number of aromatic nitrogens is 2. The highest BCUT2D eigenvalue weighted by Gasteiger charge is 2.28. The van der Waals surface area contributed by atoms with Crippen molar-refractivity contribution in [2.75, 3.05) is 19.6 Å². The summed E-state index contributed by atoms with van der Waals surface area (Å²) in [5, 5.41) is 0. The number of hydrogen-bond donors (Lipinski definition) is 1. The molecule has 4 heteroatoms. The van der Waals surface area contributed by atoms with Crippen LogP contribution in [-0.2, 0) is 13.1 Å². The fourth-order valence-electron chi connectivity index (χ4n) is 2.95. The summed E-state index contributed by atoms with van der Waals surface area (Å²) in [6, 6.07) is 0. The van der Waals surface area contributed by atoms with E-state index >= 15 is 0 Å². The minimum Gasteiger partial charge on any atom is -0.336 e. The Morgan fingerprint density at radius 1 is 1.32 bits per heavy atom. The first kappa shape index (κ1) is 14.5. The maximum Gasteiger partial charge on any atom is 0.0950 e. The van der Waals surface area contributed by atoms with Crippen molar-refractivity contribution < 1.29 is 0 Å². The lowest BCUT2D eigenvalue weighted by Gasteiger charge is -2.38. The van der Waals surface area contributed by atoms with Gasteiger partial charge >= 0.3 is 0 Å². The topological polar surface area (TPSA) is 47.1 Å². The monoisotopic (exact) mass is 264 g/mol. The summed E-state index contributed by atoms with van der Waals surface area (Å²) < 4.78 is 2.08. The Balaban J connectivity index is 1.82. The molecule has 2 N–H and O–H groups in total. The zero-order valence-electron chi connectivity index (χ0n) is 12.6. The molecule has 2 rings (SSSR count). The first-order chi connectivity index (χ1) is 8.99. The SMILES string of the molecule is CC(C)(C)C1CCN(Cc2cn(CCN)cn2)CC1. The number of piperidine rings is 1.